The Morgan fingerprint density at radius 2 is 1.89 bits per heavy atom. The lowest BCUT2D eigenvalue weighted by molar-refractivity contribution is -0.236. The molecule has 0 saturated heterocycles. The van der Waals surface area contributed by atoms with Crippen molar-refractivity contribution in [3.8, 4) is 0 Å². The molecule has 0 unspecified atom stereocenters. The second-order valence-corrected chi connectivity index (χ2v) is 5.29. The van der Waals surface area contributed by atoms with Crippen molar-refractivity contribution in [2.24, 2.45) is 0 Å². The molecule has 0 aromatic heterocycles. The molecule has 1 aromatic carbocycles. The Labute approximate surface area is 108 Å². The second-order valence-electron chi connectivity index (χ2n) is 5.29. The van der Waals surface area contributed by atoms with Crippen LogP contribution >= 0.6 is 0 Å². The van der Waals surface area contributed by atoms with Crippen LogP contribution in [0, 0.1) is 0 Å². The monoisotopic (exact) mass is 251 g/mol. The summed E-state index contributed by atoms with van der Waals surface area (Å²) in [7, 11) is 1.66. The van der Waals surface area contributed by atoms with Gasteiger partial charge in [-0.3, -0.25) is 9.63 Å². The number of hydrogen-bond acceptors (Lipinski definition) is 3. The van der Waals surface area contributed by atoms with Crippen molar-refractivity contribution in [2.45, 2.75) is 38.8 Å². The van der Waals surface area contributed by atoms with E-state index in [-0.39, 0.29) is 0 Å². The molecule has 0 bridgehead atoms. The molecule has 0 amide bonds. The highest BCUT2D eigenvalue weighted by molar-refractivity contribution is 5.73. The van der Waals surface area contributed by atoms with Crippen molar-refractivity contribution in [1.82, 2.24) is 5.06 Å². The van der Waals surface area contributed by atoms with Crippen molar-refractivity contribution in [2.75, 3.05) is 7.05 Å². The van der Waals surface area contributed by atoms with Crippen LogP contribution in [0.2, 0.25) is 0 Å². The third-order valence-corrected chi connectivity index (χ3v) is 2.41. The number of nitrogens with zero attached hydrogens (tertiary/aromatic N) is 1. The van der Waals surface area contributed by atoms with E-state index >= 15 is 0 Å². The number of likely N-dealkylation sites (N-methyl/N-ethyl adjacent to an activating group) is 1. The molecule has 1 aromatic rings. The van der Waals surface area contributed by atoms with Crippen LogP contribution in [-0.4, -0.2) is 34.8 Å². The third kappa shape index (κ3) is 4.85. The van der Waals surface area contributed by atoms with E-state index in [1.165, 1.54) is 5.06 Å². The quantitative estimate of drug-likeness (QED) is 0.816. The van der Waals surface area contributed by atoms with Crippen molar-refractivity contribution in [3.63, 3.8) is 0 Å². The minimum Gasteiger partial charge on any atom is -0.480 e. The molecule has 0 saturated carbocycles. The van der Waals surface area contributed by atoms with Gasteiger partial charge in [0.25, 0.3) is 0 Å². The van der Waals surface area contributed by atoms with Crippen LogP contribution in [0.15, 0.2) is 30.3 Å². The zero-order chi connectivity index (χ0) is 13.8. The van der Waals surface area contributed by atoms with Crippen LogP contribution in [-0.2, 0) is 16.1 Å². The largest absolute Gasteiger partial charge is 0.480 e. The van der Waals surface area contributed by atoms with E-state index in [0.29, 0.717) is 6.42 Å². The molecule has 18 heavy (non-hydrogen) atoms. The van der Waals surface area contributed by atoms with Gasteiger partial charge in [-0.25, -0.2) is 0 Å². The van der Waals surface area contributed by atoms with Crippen molar-refractivity contribution >= 4 is 5.97 Å². The third-order valence-electron chi connectivity index (χ3n) is 2.41. The fourth-order valence-corrected chi connectivity index (χ4v) is 1.70. The van der Waals surface area contributed by atoms with E-state index in [4.69, 9.17) is 4.84 Å². The predicted octanol–water partition coefficient (Wildman–Crippen LogP) is 2.34. The van der Waals surface area contributed by atoms with Gasteiger partial charge in [-0.05, 0) is 26.3 Å². The van der Waals surface area contributed by atoms with Crippen molar-refractivity contribution in [3.05, 3.63) is 35.9 Å². The summed E-state index contributed by atoms with van der Waals surface area (Å²) >= 11 is 0. The highest BCUT2D eigenvalue weighted by Gasteiger charge is 2.27. The molecule has 0 aliphatic heterocycles. The molecule has 100 valence electrons. The average molecular weight is 251 g/mol. The van der Waals surface area contributed by atoms with E-state index in [0.717, 1.165) is 5.56 Å². The second kappa shape index (κ2) is 5.98. The summed E-state index contributed by atoms with van der Waals surface area (Å²) in [6.07, 6.45) is 0.419. The van der Waals surface area contributed by atoms with Gasteiger partial charge < -0.3 is 5.11 Å². The lowest BCUT2D eigenvalue weighted by Gasteiger charge is -2.31. The first-order valence-electron chi connectivity index (χ1n) is 5.98. The smallest absolute Gasteiger partial charge is 0.323 e. The van der Waals surface area contributed by atoms with Gasteiger partial charge in [0.15, 0.2) is 0 Å². The van der Waals surface area contributed by atoms with E-state index in [2.05, 4.69) is 0 Å². The number of hydroxylamine groups is 2. The molecule has 4 heteroatoms. The number of hydrogen-bond donors (Lipinski definition) is 1. The number of carboxylic acids is 1. The number of carboxylic acid groups (broad SMARTS) is 1. The molecule has 0 fully saturated rings. The highest BCUT2D eigenvalue weighted by Crippen LogP contribution is 2.14. The summed E-state index contributed by atoms with van der Waals surface area (Å²) in [5.41, 5.74) is 0.577. The van der Waals surface area contributed by atoms with Crippen LogP contribution in [0.3, 0.4) is 0 Å². The van der Waals surface area contributed by atoms with Crippen LogP contribution < -0.4 is 0 Å². The number of aliphatic carboxylic acids is 1. The fraction of sp³-hybridized carbons (Fsp3) is 0.500. The standard InChI is InChI=1S/C14H21NO3/c1-14(2,3)18-15(4)12(13(16)17)10-11-8-6-5-7-9-11/h5-9,12H,10H2,1-4H3,(H,16,17)/t12-/m0/s1. The first kappa shape index (κ1) is 14.7. The van der Waals surface area contributed by atoms with Crippen LogP contribution in [0.1, 0.15) is 26.3 Å². The number of rotatable bonds is 5. The van der Waals surface area contributed by atoms with Crippen LogP contribution in [0.5, 0.6) is 0 Å². The summed E-state index contributed by atoms with van der Waals surface area (Å²) in [5.74, 6) is -0.884. The number of carbonyl (C=O) groups is 1. The summed E-state index contributed by atoms with van der Waals surface area (Å²) in [5, 5.41) is 10.7. The summed E-state index contributed by atoms with van der Waals surface area (Å²) in [6.45, 7) is 5.68. The Kier molecular flexibility index (Phi) is 4.87. The minimum absolute atomic E-state index is 0.404. The van der Waals surface area contributed by atoms with Gasteiger partial charge in [-0.2, -0.15) is 5.06 Å². The topological polar surface area (TPSA) is 49.8 Å². The maximum absolute atomic E-state index is 11.3. The van der Waals surface area contributed by atoms with Crippen LogP contribution in [0.25, 0.3) is 0 Å². The molecule has 0 aliphatic carbocycles. The Bertz CT molecular complexity index is 384. The maximum atomic E-state index is 11.3. The van der Waals surface area contributed by atoms with Gasteiger partial charge >= 0.3 is 5.97 Å². The lowest BCUT2D eigenvalue weighted by atomic mass is 10.1. The van der Waals surface area contributed by atoms with E-state index in [1.54, 1.807) is 7.05 Å². The predicted molar refractivity (Wildman–Crippen MR) is 70.2 cm³/mol. The molecule has 1 N–H and O–H groups in total. The van der Waals surface area contributed by atoms with Crippen LogP contribution in [0.4, 0.5) is 0 Å². The SMILES string of the molecule is CN(OC(C)(C)C)[C@@H](Cc1ccccc1)C(=O)O. The Morgan fingerprint density at radius 1 is 1.33 bits per heavy atom. The fourth-order valence-electron chi connectivity index (χ4n) is 1.70. The van der Waals surface area contributed by atoms with E-state index < -0.39 is 17.6 Å². The van der Waals surface area contributed by atoms with E-state index in [1.807, 2.05) is 51.1 Å². The molecule has 1 rings (SSSR count). The van der Waals surface area contributed by atoms with Crippen molar-refractivity contribution < 1.29 is 14.7 Å². The lowest BCUT2D eigenvalue weighted by Crippen LogP contribution is -2.44. The molecule has 0 heterocycles. The zero-order valence-electron chi connectivity index (χ0n) is 11.4. The molecular weight excluding hydrogens is 230 g/mol. The van der Waals surface area contributed by atoms with Gasteiger partial charge in [0.05, 0.1) is 5.60 Å². The molecular formula is C14H21NO3. The Morgan fingerprint density at radius 3 is 2.33 bits per heavy atom. The molecule has 0 spiro atoms. The minimum atomic E-state index is -0.884. The molecule has 4 nitrogen and oxygen atoms in total. The Hall–Kier alpha value is -1.39. The zero-order valence-corrected chi connectivity index (χ0v) is 11.4. The van der Waals surface area contributed by atoms with E-state index in [9.17, 15) is 9.90 Å². The van der Waals surface area contributed by atoms with Gasteiger partial charge in [0.2, 0.25) is 0 Å². The van der Waals surface area contributed by atoms with Crippen molar-refractivity contribution in [1.29, 1.82) is 0 Å². The summed E-state index contributed by atoms with van der Waals surface area (Å²) in [6, 6.07) is 8.86. The average Bonchev–Trinajstić information content (AvgIpc) is 2.24. The normalized spacial score (nSPS) is 13.6. The molecule has 0 aliphatic rings. The highest BCUT2D eigenvalue weighted by atomic mass is 16.7. The Balaban J connectivity index is 2.74. The van der Waals surface area contributed by atoms with Gasteiger partial charge in [0, 0.05) is 13.5 Å². The first-order chi connectivity index (χ1) is 8.29. The summed E-state index contributed by atoms with van der Waals surface area (Å²) in [4.78, 5) is 16.9. The molecule has 0 radical (unpaired) electrons. The maximum Gasteiger partial charge on any atom is 0.323 e. The molecule has 1 atom stereocenters. The van der Waals surface area contributed by atoms with Gasteiger partial charge in [0.1, 0.15) is 6.04 Å². The number of benzene rings is 1. The first-order valence-corrected chi connectivity index (χ1v) is 5.98. The van der Waals surface area contributed by atoms with Gasteiger partial charge in [-0.1, -0.05) is 30.3 Å². The van der Waals surface area contributed by atoms with Gasteiger partial charge in [-0.15, -0.1) is 0 Å². The summed E-state index contributed by atoms with van der Waals surface area (Å²) < 4.78 is 0.